The third-order valence-electron chi connectivity index (χ3n) is 5.56. The van der Waals surface area contributed by atoms with E-state index in [0.717, 1.165) is 12.8 Å². The fourth-order valence-corrected chi connectivity index (χ4v) is 3.88. The van der Waals surface area contributed by atoms with Crippen molar-refractivity contribution >= 4 is 17.6 Å². The Kier molecular flexibility index (Phi) is 9.59. The Labute approximate surface area is 193 Å². The lowest BCUT2D eigenvalue weighted by atomic mass is 9.79. The Morgan fingerprint density at radius 2 is 1.73 bits per heavy atom. The van der Waals surface area contributed by atoms with Crippen LogP contribution in [-0.2, 0) is 19.1 Å². The average Bonchev–Trinajstić information content (AvgIpc) is 2.77. The maximum atomic E-state index is 13.2. The SMILES string of the molecule is CCOC(=O)C1=C(C)NC(C)=C(C(=O)OCCCCC(C)CO)C1c1ccccc1[N+](=O)[O-]. The van der Waals surface area contributed by atoms with Crippen molar-refractivity contribution in [2.45, 2.75) is 52.9 Å². The number of nitrogens with zero attached hydrogens (tertiary/aromatic N) is 1. The predicted molar refractivity (Wildman–Crippen MR) is 122 cm³/mol. The molecule has 0 spiro atoms. The highest BCUT2D eigenvalue weighted by Crippen LogP contribution is 2.42. The number of nitro benzene ring substituents is 1. The number of unbranched alkanes of at least 4 members (excludes halogenated alkanes) is 1. The first kappa shape index (κ1) is 26.1. The number of para-hydroxylation sites is 1. The molecular formula is C24H32N2O7. The molecule has 0 aliphatic carbocycles. The van der Waals surface area contributed by atoms with Gasteiger partial charge in [-0.05, 0) is 46.0 Å². The molecule has 180 valence electrons. The number of rotatable bonds is 11. The summed E-state index contributed by atoms with van der Waals surface area (Å²) >= 11 is 0. The second-order valence-corrected chi connectivity index (χ2v) is 8.09. The number of benzene rings is 1. The van der Waals surface area contributed by atoms with Gasteiger partial charge in [-0.3, -0.25) is 10.1 Å². The van der Waals surface area contributed by atoms with Crippen molar-refractivity contribution < 1.29 is 29.1 Å². The van der Waals surface area contributed by atoms with E-state index < -0.39 is 22.8 Å². The molecule has 2 unspecified atom stereocenters. The molecular weight excluding hydrogens is 428 g/mol. The number of hydrogen-bond acceptors (Lipinski definition) is 8. The van der Waals surface area contributed by atoms with Crippen molar-refractivity contribution in [3.05, 3.63) is 62.5 Å². The smallest absolute Gasteiger partial charge is 0.336 e. The average molecular weight is 461 g/mol. The van der Waals surface area contributed by atoms with E-state index in [1.165, 1.54) is 18.2 Å². The molecule has 9 nitrogen and oxygen atoms in total. The fraction of sp³-hybridized carbons (Fsp3) is 0.500. The Hall–Kier alpha value is -3.20. The minimum absolute atomic E-state index is 0.109. The van der Waals surface area contributed by atoms with Gasteiger partial charge in [0.25, 0.3) is 5.69 Å². The number of allylic oxidation sites excluding steroid dienone is 2. The highest BCUT2D eigenvalue weighted by Gasteiger charge is 2.40. The molecule has 1 aromatic rings. The lowest BCUT2D eigenvalue weighted by Gasteiger charge is -2.30. The number of nitrogens with one attached hydrogen (secondary N) is 1. The van der Waals surface area contributed by atoms with Crippen LogP contribution in [0.4, 0.5) is 5.69 Å². The van der Waals surface area contributed by atoms with Gasteiger partial charge in [0.1, 0.15) is 0 Å². The third kappa shape index (κ3) is 6.41. The highest BCUT2D eigenvalue weighted by atomic mass is 16.6. The fourth-order valence-electron chi connectivity index (χ4n) is 3.88. The number of hydrogen-bond donors (Lipinski definition) is 2. The Morgan fingerprint density at radius 3 is 2.30 bits per heavy atom. The molecule has 2 atom stereocenters. The van der Waals surface area contributed by atoms with Gasteiger partial charge in [-0.1, -0.05) is 25.1 Å². The summed E-state index contributed by atoms with van der Waals surface area (Å²) in [6.45, 7) is 7.34. The highest BCUT2D eigenvalue weighted by molar-refractivity contribution is 6.00. The van der Waals surface area contributed by atoms with Gasteiger partial charge in [0.05, 0.1) is 35.2 Å². The van der Waals surface area contributed by atoms with Gasteiger partial charge in [0.2, 0.25) is 0 Å². The van der Waals surface area contributed by atoms with Gasteiger partial charge in [0.15, 0.2) is 0 Å². The summed E-state index contributed by atoms with van der Waals surface area (Å²) in [5.74, 6) is -2.13. The van der Waals surface area contributed by atoms with E-state index in [2.05, 4.69) is 5.32 Å². The first-order valence-electron chi connectivity index (χ1n) is 11.1. The lowest BCUT2D eigenvalue weighted by molar-refractivity contribution is -0.385. The van der Waals surface area contributed by atoms with E-state index >= 15 is 0 Å². The summed E-state index contributed by atoms with van der Waals surface area (Å²) in [7, 11) is 0. The summed E-state index contributed by atoms with van der Waals surface area (Å²) in [5, 5.41) is 23.9. The molecule has 0 saturated carbocycles. The van der Waals surface area contributed by atoms with E-state index in [0.29, 0.717) is 17.8 Å². The molecule has 2 N–H and O–H groups in total. The van der Waals surface area contributed by atoms with Crippen molar-refractivity contribution in [1.82, 2.24) is 5.32 Å². The molecule has 0 saturated heterocycles. The molecule has 2 rings (SSSR count). The van der Waals surface area contributed by atoms with Crippen molar-refractivity contribution in [3.63, 3.8) is 0 Å². The summed E-state index contributed by atoms with van der Waals surface area (Å²) in [6.07, 6.45) is 2.21. The zero-order valence-electron chi connectivity index (χ0n) is 19.6. The molecule has 0 bridgehead atoms. The van der Waals surface area contributed by atoms with Crippen LogP contribution in [0, 0.1) is 16.0 Å². The summed E-state index contributed by atoms with van der Waals surface area (Å²) in [5.41, 5.74) is 1.22. The molecule has 0 fully saturated rings. The van der Waals surface area contributed by atoms with Crippen molar-refractivity contribution in [2.24, 2.45) is 5.92 Å². The largest absolute Gasteiger partial charge is 0.463 e. The number of carbonyl (C=O) groups is 2. The minimum Gasteiger partial charge on any atom is -0.463 e. The summed E-state index contributed by atoms with van der Waals surface area (Å²) in [6, 6.07) is 6.04. The quantitative estimate of drug-likeness (QED) is 0.221. The van der Waals surface area contributed by atoms with Gasteiger partial charge in [-0.2, -0.15) is 0 Å². The minimum atomic E-state index is -1.01. The Morgan fingerprint density at radius 1 is 1.12 bits per heavy atom. The monoisotopic (exact) mass is 460 g/mol. The number of aliphatic hydroxyl groups is 1. The molecule has 0 aromatic heterocycles. The Bertz CT molecular complexity index is 952. The maximum Gasteiger partial charge on any atom is 0.336 e. The standard InChI is InChI=1S/C24H32N2O7/c1-5-32-23(28)20-16(3)25-17(4)21(24(29)33-13-9-8-10-15(2)14-27)22(20)18-11-6-7-12-19(18)26(30)31/h6-7,11-12,15,22,25,27H,5,8-10,13-14H2,1-4H3. The Balaban J connectivity index is 2.41. The van der Waals surface area contributed by atoms with Gasteiger partial charge in [0, 0.05) is 29.6 Å². The number of esters is 2. The van der Waals surface area contributed by atoms with Crippen LogP contribution >= 0.6 is 0 Å². The van der Waals surface area contributed by atoms with Gasteiger partial charge in [-0.25, -0.2) is 9.59 Å². The maximum absolute atomic E-state index is 13.2. The number of aliphatic hydroxyl groups excluding tert-OH is 1. The van der Waals surface area contributed by atoms with Crippen molar-refractivity contribution in [2.75, 3.05) is 19.8 Å². The second-order valence-electron chi connectivity index (χ2n) is 8.09. The molecule has 33 heavy (non-hydrogen) atoms. The van der Waals surface area contributed by atoms with Crippen LogP contribution in [0.5, 0.6) is 0 Å². The van der Waals surface area contributed by atoms with E-state index in [1.807, 2.05) is 6.92 Å². The third-order valence-corrected chi connectivity index (χ3v) is 5.56. The molecule has 1 aliphatic rings. The van der Waals surface area contributed by atoms with Crippen LogP contribution in [0.1, 0.15) is 58.4 Å². The predicted octanol–water partition coefficient (Wildman–Crippen LogP) is 3.73. The van der Waals surface area contributed by atoms with E-state index in [4.69, 9.17) is 14.6 Å². The van der Waals surface area contributed by atoms with Gasteiger partial charge in [-0.15, -0.1) is 0 Å². The normalized spacial score (nSPS) is 16.8. The molecule has 9 heteroatoms. The lowest BCUT2D eigenvalue weighted by Crippen LogP contribution is -2.33. The first-order chi connectivity index (χ1) is 15.7. The van der Waals surface area contributed by atoms with Gasteiger partial charge >= 0.3 is 11.9 Å². The van der Waals surface area contributed by atoms with Crippen molar-refractivity contribution in [1.29, 1.82) is 0 Å². The molecule has 0 radical (unpaired) electrons. The zero-order chi connectivity index (χ0) is 24.5. The first-order valence-corrected chi connectivity index (χ1v) is 11.1. The summed E-state index contributed by atoms with van der Waals surface area (Å²) < 4.78 is 10.7. The zero-order valence-corrected chi connectivity index (χ0v) is 19.6. The van der Waals surface area contributed by atoms with Crippen LogP contribution in [0.3, 0.4) is 0 Å². The van der Waals surface area contributed by atoms with Crippen LogP contribution in [0.15, 0.2) is 46.8 Å². The molecule has 1 heterocycles. The number of ether oxygens (including phenoxy) is 2. The topological polar surface area (TPSA) is 128 Å². The van der Waals surface area contributed by atoms with Crippen LogP contribution in [0.2, 0.25) is 0 Å². The second kappa shape index (κ2) is 12.2. The van der Waals surface area contributed by atoms with Gasteiger partial charge < -0.3 is 19.9 Å². The number of dihydropyridines is 1. The van der Waals surface area contributed by atoms with Crippen LogP contribution in [-0.4, -0.2) is 41.8 Å². The van der Waals surface area contributed by atoms with E-state index in [9.17, 15) is 19.7 Å². The molecule has 1 aromatic carbocycles. The van der Waals surface area contributed by atoms with Crippen LogP contribution in [0.25, 0.3) is 0 Å². The molecule has 1 aliphatic heterocycles. The van der Waals surface area contributed by atoms with Crippen molar-refractivity contribution in [3.8, 4) is 0 Å². The molecule has 0 amide bonds. The number of nitro groups is 1. The summed E-state index contributed by atoms with van der Waals surface area (Å²) in [4.78, 5) is 37.2. The van der Waals surface area contributed by atoms with E-state index in [-0.39, 0.29) is 48.1 Å². The van der Waals surface area contributed by atoms with Crippen LogP contribution < -0.4 is 5.32 Å². The van der Waals surface area contributed by atoms with E-state index in [1.54, 1.807) is 26.8 Å². The number of carbonyl (C=O) groups excluding carboxylic acids is 2.